The molecule has 0 spiro atoms. The van der Waals surface area contributed by atoms with Crippen molar-refractivity contribution < 1.29 is 19.4 Å². The van der Waals surface area contributed by atoms with E-state index in [1.807, 2.05) is 18.2 Å². The number of hydrogen-bond donors (Lipinski definition) is 2. The molecule has 118 valence electrons. The van der Waals surface area contributed by atoms with Gasteiger partial charge in [0.25, 0.3) is 5.91 Å². The zero-order valence-electron chi connectivity index (χ0n) is 12.5. The van der Waals surface area contributed by atoms with Crippen LogP contribution in [-0.4, -0.2) is 30.3 Å². The van der Waals surface area contributed by atoms with Crippen LogP contribution in [0.2, 0.25) is 0 Å². The first-order valence-corrected chi connectivity index (χ1v) is 6.86. The molecule has 0 aliphatic rings. The van der Waals surface area contributed by atoms with E-state index < -0.39 is 18.0 Å². The summed E-state index contributed by atoms with van der Waals surface area (Å²) in [6, 6.07) is 15.2. The van der Waals surface area contributed by atoms with Gasteiger partial charge in [0.05, 0.1) is 11.8 Å². The van der Waals surface area contributed by atoms with Gasteiger partial charge in [0, 0.05) is 7.11 Å². The van der Waals surface area contributed by atoms with Crippen molar-refractivity contribution in [2.24, 2.45) is 5.10 Å². The van der Waals surface area contributed by atoms with E-state index in [1.54, 1.807) is 24.3 Å². The van der Waals surface area contributed by atoms with Crippen molar-refractivity contribution in [3.63, 3.8) is 0 Å². The highest BCUT2D eigenvalue weighted by atomic mass is 16.5. The average Bonchev–Trinajstić information content (AvgIpc) is 2.57. The number of carbonyl (C=O) groups is 2. The van der Waals surface area contributed by atoms with Crippen LogP contribution in [0, 0.1) is 0 Å². The molecule has 0 unspecified atom stereocenters. The maximum absolute atomic E-state index is 12.1. The van der Waals surface area contributed by atoms with E-state index in [1.165, 1.54) is 25.5 Å². The average molecular weight is 312 g/mol. The molecule has 0 aromatic heterocycles. The van der Waals surface area contributed by atoms with E-state index >= 15 is 0 Å². The smallest absolute Gasteiger partial charge is 0.335 e. The van der Waals surface area contributed by atoms with Gasteiger partial charge in [-0.1, -0.05) is 42.5 Å². The van der Waals surface area contributed by atoms with Crippen molar-refractivity contribution >= 4 is 18.1 Å². The molecule has 0 heterocycles. The van der Waals surface area contributed by atoms with Crippen LogP contribution in [-0.2, 0) is 9.53 Å². The summed E-state index contributed by atoms with van der Waals surface area (Å²) in [7, 11) is 1.45. The van der Waals surface area contributed by atoms with E-state index in [0.29, 0.717) is 5.56 Å². The van der Waals surface area contributed by atoms with Crippen molar-refractivity contribution in [2.75, 3.05) is 7.11 Å². The van der Waals surface area contributed by atoms with Crippen LogP contribution in [0.25, 0.3) is 0 Å². The second-order valence-corrected chi connectivity index (χ2v) is 4.69. The Hall–Kier alpha value is -2.99. The normalized spacial score (nSPS) is 12.0. The van der Waals surface area contributed by atoms with Gasteiger partial charge >= 0.3 is 5.97 Å². The van der Waals surface area contributed by atoms with Gasteiger partial charge in [-0.3, -0.25) is 4.79 Å². The predicted molar refractivity (Wildman–Crippen MR) is 85.3 cm³/mol. The van der Waals surface area contributed by atoms with Crippen LogP contribution in [0.3, 0.4) is 0 Å². The predicted octanol–water partition coefficient (Wildman–Crippen LogP) is 2.22. The number of hydrazone groups is 1. The molecule has 1 amide bonds. The Morgan fingerprint density at radius 2 is 1.78 bits per heavy atom. The van der Waals surface area contributed by atoms with E-state index in [0.717, 1.165) is 5.56 Å². The number of carboxylic acid groups (broad SMARTS) is 1. The van der Waals surface area contributed by atoms with Gasteiger partial charge in [0.2, 0.25) is 0 Å². The van der Waals surface area contributed by atoms with Crippen molar-refractivity contribution in [1.82, 2.24) is 5.43 Å². The fourth-order valence-electron chi connectivity index (χ4n) is 1.96. The minimum atomic E-state index is -0.993. The summed E-state index contributed by atoms with van der Waals surface area (Å²) in [4.78, 5) is 22.8. The molecule has 0 bridgehead atoms. The van der Waals surface area contributed by atoms with E-state index in [-0.39, 0.29) is 5.56 Å². The lowest BCUT2D eigenvalue weighted by Crippen LogP contribution is -2.26. The Morgan fingerprint density at radius 3 is 2.35 bits per heavy atom. The second kappa shape index (κ2) is 7.86. The molecule has 2 aromatic rings. The molecule has 0 saturated heterocycles. The number of methoxy groups -OCH3 is 1. The fourth-order valence-corrected chi connectivity index (χ4v) is 1.96. The number of nitrogens with one attached hydrogen (secondary N) is 1. The number of benzene rings is 2. The molecule has 0 fully saturated rings. The fraction of sp³-hybridized carbons (Fsp3) is 0.118. The van der Waals surface area contributed by atoms with Crippen LogP contribution in [0.4, 0.5) is 0 Å². The summed E-state index contributed by atoms with van der Waals surface area (Å²) in [5.74, 6) is -1.38. The molecule has 6 heteroatoms. The van der Waals surface area contributed by atoms with Crippen molar-refractivity contribution in [3.8, 4) is 0 Å². The summed E-state index contributed by atoms with van der Waals surface area (Å²) in [5.41, 5.74) is 4.00. The summed E-state index contributed by atoms with van der Waals surface area (Å²) in [5, 5.41) is 12.7. The third-order valence-electron chi connectivity index (χ3n) is 3.12. The molecule has 1 atom stereocenters. The van der Waals surface area contributed by atoms with E-state index in [4.69, 9.17) is 9.84 Å². The standard InChI is InChI=1S/C17H16N2O4/c1-23-15(13-5-3-2-4-6-13)16(20)19-18-11-12-7-9-14(10-8-12)17(21)22/h2-11,15H,1H3,(H,19,20)(H,21,22)/b18-11-/t15-/m1/s1. The molecule has 23 heavy (non-hydrogen) atoms. The van der Waals surface area contributed by atoms with Crippen LogP contribution in [0.5, 0.6) is 0 Å². The number of hydrogen-bond acceptors (Lipinski definition) is 4. The first kappa shape index (κ1) is 16.4. The van der Waals surface area contributed by atoms with Crippen molar-refractivity contribution in [3.05, 3.63) is 71.3 Å². The number of amides is 1. The Kier molecular flexibility index (Phi) is 5.60. The summed E-state index contributed by atoms with van der Waals surface area (Å²) < 4.78 is 5.19. The topological polar surface area (TPSA) is 88.0 Å². The lowest BCUT2D eigenvalue weighted by molar-refractivity contribution is -0.131. The summed E-state index contributed by atoms with van der Waals surface area (Å²) >= 11 is 0. The van der Waals surface area contributed by atoms with Gasteiger partial charge < -0.3 is 9.84 Å². The van der Waals surface area contributed by atoms with Crippen LogP contribution >= 0.6 is 0 Å². The molecule has 0 radical (unpaired) electrons. The van der Waals surface area contributed by atoms with Crippen LogP contribution < -0.4 is 5.43 Å². The second-order valence-electron chi connectivity index (χ2n) is 4.69. The molecule has 2 rings (SSSR count). The number of rotatable bonds is 6. The molecule has 6 nitrogen and oxygen atoms in total. The quantitative estimate of drug-likeness (QED) is 0.632. The Balaban J connectivity index is 1.98. The minimum Gasteiger partial charge on any atom is -0.478 e. The molecule has 0 saturated carbocycles. The highest BCUT2D eigenvalue weighted by Crippen LogP contribution is 2.15. The zero-order valence-corrected chi connectivity index (χ0v) is 12.5. The molecular formula is C17H16N2O4. The Bertz CT molecular complexity index is 696. The van der Waals surface area contributed by atoms with Gasteiger partial charge in [-0.05, 0) is 23.3 Å². The van der Waals surface area contributed by atoms with Crippen LogP contribution in [0.1, 0.15) is 27.6 Å². The first-order chi connectivity index (χ1) is 11.1. The largest absolute Gasteiger partial charge is 0.478 e. The highest BCUT2D eigenvalue weighted by molar-refractivity contribution is 5.89. The minimum absolute atomic E-state index is 0.190. The molecule has 0 aliphatic heterocycles. The zero-order chi connectivity index (χ0) is 16.7. The highest BCUT2D eigenvalue weighted by Gasteiger charge is 2.18. The lowest BCUT2D eigenvalue weighted by atomic mass is 10.1. The SMILES string of the molecule is CO[C@@H](C(=O)N/N=C\c1ccc(C(=O)O)cc1)c1ccccc1. The maximum Gasteiger partial charge on any atom is 0.335 e. The van der Waals surface area contributed by atoms with Gasteiger partial charge in [-0.2, -0.15) is 5.10 Å². The van der Waals surface area contributed by atoms with Gasteiger partial charge in [0.1, 0.15) is 0 Å². The number of carbonyl (C=O) groups excluding carboxylic acids is 1. The third-order valence-corrected chi connectivity index (χ3v) is 3.12. The number of nitrogens with zero attached hydrogens (tertiary/aromatic N) is 1. The summed E-state index contributed by atoms with van der Waals surface area (Å²) in [6.07, 6.45) is 0.684. The van der Waals surface area contributed by atoms with Crippen LogP contribution in [0.15, 0.2) is 59.7 Å². The van der Waals surface area contributed by atoms with E-state index in [2.05, 4.69) is 10.5 Å². The van der Waals surface area contributed by atoms with Gasteiger partial charge in [-0.25, -0.2) is 10.2 Å². The molecule has 2 aromatic carbocycles. The molecule has 2 N–H and O–H groups in total. The number of aromatic carboxylic acids is 1. The monoisotopic (exact) mass is 312 g/mol. The van der Waals surface area contributed by atoms with Crippen molar-refractivity contribution in [1.29, 1.82) is 0 Å². The third kappa shape index (κ3) is 4.49. The van der Waals surface area contributed by atoms with Crippen molar-refractivity contribution in [2.45, 2.75) is 6.10 Å². The molecular weight excluding hydrogens is 296 g/mol. The summed E-state index contributed by atoms with van der Waals surface area (Å²) in [6.45, 7) is 0. The molecule has 0 aliphatic carbocycles. The first-order valence-electron chi connectivity index (χ1n) is 6.86. The Morgan fingerprint density at radius 1 is 1.13 bits per heavy atom. The Labute approximate surface area is 133 Å². The maximum atomic E-state index is 12.1. The van der Waals surface area contributed by atoms with E-state index in [9.17, 15) is 9.59 Å². The number of ether oxygens (including phenoxy) is 1. The van der Waals surface area contributed by atoms with Gasteiger partial charge in [-0.15, -0.1) is 0 Å². The lowest BCUT2D eigenvalue weighted by Gasteiger charge is -2.13. The number of carboxylic acids is 1. The van der Waals surface area contributed by atoms with Gasteiger partial charge in [0.15, 0.2) is 6.10 Å².